The number of rotatable bonds is 10. The van der Waals surface area contributed by atoms with E-state index in [2.05, 4.69) is 11.8 Å². The van der Waals surface area contributed by atoms with Crippen molar-refractivity contribution in [3.05, 3.63) is 40.7 Å². The van der Waals surface area contributed by atoms with Gasteiger partial charge in [0.1, 0.15) is 18.2 Å². The standard InChI is InChI=1S/C23H34FN3O2S/c1-17-7-6-12-27(17)11-5-3-4-10-26(2)23(28)21-9-8-19(14-22(21)24)29-15-20-13-18(25)16-30-20/h8-9,14,16-17,20H,3-7,10-13,15,25H2,1-2H3. The second kappa shape index (κ2) is 11.0. The number of unbranched alkanes of at least 4 members (excludes halogenated alkanes) is 2. The van der Waals surface area contributed by atoms with E-state index in [0.29, 0.717) is 24.9 Å². The minimum absolute atomic E-state index is 0.0943. The number of thioether (sulfide) groups is 1. The lowest BCUT2D eigenvalue weighted by atomic mass is 10.1. The number of hydrogen-bond acceptors (Lipinski definition) is 5. The Labute approximate surface area is 183 Å². The van der Waals surface area contributed by atoms with Crippen LogP contribution < -0.4 is 10.5 Å². The van der Waals surface area contributed by atoms with Crippen molar-refractivity contribution in [2.24, 2.45) is 5.73 Å². The van der Waals surface area contributed by atoms with Crippen molar-refractivity contribution in [3.8, 4) is 5.75 Å². The van der Waals surface area contributed by atoms with E-state index in [1.165, 1.54) is 31.5 Å². The topological polar surface area (TPSA) is 58.8 Å². The second-order valence-electron chi connectivity index (χ2n) is 8.42. The number of allylic oxidation sites excluding steroid dienone is 1. The van der Waals surface area contributed by atoms with Gasteiger partial charge in [0, 0.05) is 43.1 Å². The third kappa shape index (κ3) is 6.38. The first kappa shape index (κ1) is 22.9. The van der Waals surface area contributed by atoms with Crippen molar-refractivity contribution in [1.82, 2.24) is 9.80 Å². The van der Waals surface area contributed by atoms with E-state index in [0.717, 1.165) is 37.9 Å². The lowest BCUT2D eigenvalue weighted by Gasteiger charge is -2.21. The predicted octanol–water partition coefficient (Wildman–Crippen LogP) is 4.24. The normalized spacial score (nSPS) is 21.6. The first-order valence-electron chi connectivity index (χ1n) is 11.0. The van der Waals surface area contributed by atoms with Crippen molar-refractivity contribution >= 4 is 17.7 Å². The number of carbonyl (C=O) groups is 1. The molecule has 0 spiro atoms. The Morgan fingerprint density at radius 3 is 2.87 bits per heavy atom. The fourth-order valence-electron chi connectivity index (χ4n) is 4.06. The molecule has 5 nitrogen and oxygen atoms in total. The smallest absolute Gasteiger partial charge is 0.256 e. The monoisotopic (exact) mass is 435 g/mol. The Bertz CT molecular complexity index is 758. The van der Waals surface area contributed by atoms with Crippen LogP contribution in [0.3, 0.4) is 0 Å². The fourth-order valence-corrected chi connectivity index (χ4v) is 4.96. The molecule has 1 aromatic carbocycles. The van der Waals surface area contributed by atoms with Crippen LogP contribution in [0, 0.1) is 5.82 Å². The van der Waals surface area contributed by atoms with E-state index < -0.39 is 5.82 Å². The number of carbonyl (C=O) groups excluding carboxylic acids is 1. The Morgan fingerprint density at radius 1 is 1.37 bits per heavy atom. The van der Waals surface area contributed by atoms with Gasteiger partial charge in [-0.3, -0.25) is 4.79 Å². The number of hydrogen-bond donors (Lipinski definition) is 1. The molecule has 30 heavy (non-hydrogen) atoms. The zero-order valence-corrected chi connectivity index (χ0v) is 18.9. The molecule has 1 aromatic rings. The Balaban J connectivity index is 1.39. The second-order valence-corrected chi connectivity index (χ2v) is 9.60. The average Bonchev–Trinajstić information content (AvgIpc) is 3.33. The molecular formula is C23H34FN3O2S. The van der Waals surface area contributed by atoms with Crippen molar-refractivity contribution in [2.45, 2.75) is 56.7 Å². The third-order valence-electron chi connectivity index (χ3n) is 5.96. The lowest BCUT2D eigenvalue weighted by Crippen LogP contribution is -2.29. The molecular weight excluding hydrogens is 401 g/mol. The number of amides is 1. The molecule has 7 heteroatoms. The van der Waals surface area contributed by atoms with Crippen LogP contribution in [0.25, 0.3) is 0 Å². The molecule has 0 saturated carbocycles. The Hall–Kier alpha value is -1.73. The van der Waals surface area contributed by atoms with Crippen molar-refractivity contribution in [1.29, 1.82) is 0 Å². The molecule has 0 aliphatic carbocycles. The van der Waals surface area contributed by atoms with Gasteiger partial charge in [-0.1, -0.05) is 6.42 Å². The molecule has 1 amide bonds. The van der Waals surface area contributed by atoms with Gasteiger partial charge in [0.2, 0.25) is 0 Å². The molecule has 0 radical (unpaired) electrons. The van der Waals surface area contributed by atoms with E-state index in [9.17, 15) is 9.18 Å². The van der Waals surface area contributed by atoms with E-state index >= 15 is 0 Å². The highest BCUT2D eigenvalue weighted by Crippen LogP contribution is 2.28. The average molecular weight is 436 g/mol. The van der Waals surface area contributed by atoms with Crippen molar-refractivity contribution < 1.29 is 13.9 Å². The summed E-state index contributed by atoms with van der Waals surface area (Å²) in [7, 11) is 1.74. The molecule has 1 saturated heterocycles. The van der Waals surface area contributed by atoms with Gasteiger partial charge in [0.25, 0.3) is 5.91 Å². The summed E-state index contributed by atoms with van der Waals surface area (Å²) in [5.41, 5.74) is 6.72. The lowest BCUT2D eigenvalue weighted by molar-refractivity contribution is 0.0787. The van der Waals surface area contributed by atoms with Crippen LogP contribution in [-0.4, -0.2) is 60.3 Å². The van der Waals surface area contributed by atoms with Crippen LogP contribution in [0.15, 0.2) is 29.3 Å². The number of likely N-dealkylation sites (tertiary alicyclic amines) is 1. The summed E-state index contributed by atoms with van der Waals surface area (Å²) in [6.07, 6.45) is 6.55. The van der Waals surface area contributed by atoms with Crippen molar-refractivity contribution in [3.63, 3.8) is 0 Å². The molecule has 0 aromatic heterocycles. The number of benzene rings is 1. The highest BCUT2D eigenvalue weighted by Gasteiger charge is 2.20. The molecule has 2 atom stereocenters. The number of ether oxygens (including phenoxy) is 1. The minimum Gasteiger partial charge on any atom is -0.492 e. The first-order chi connectivity index (χ1) is 14.4. The van der Waals surface area contributed by atoms with Gasteiger partial charge >= 0.3 is 0 Å². The maximum absolute atomic E-state index is 14.5. The number of nitrogens with zero attached hydrogens (tertiary/aromatic N) is 2. The molecule has 2 heterocycles. The van der Waals surface area contributed by atoms with Gasteiger partial charge < -0.3 is 20.3 Å². The molecule has 2 aliphatic rings. The van der Waals surface area contributed by atoms with Crippen molar-refractivity contribution in [2.75, 3.05) is 33.3 Å². The third-order valence-corrected chi connectivity index (χ3v) is 7.08. The number of halogens is 1. The zero-order chi connectivity index (χ0) is 21.5. The summed E-state index contributed by atoms with van der Waals surface area (Å²) in [5.74, 6) is -0.381. The molecule has 0 bridgehead atoms. The SMILES string of the molecule is CC1CCCN1CCCCCN(C)C(=O)c1ccc(OCC2CC(N)=CS2)cc1F. The summed E-state index contributed by atoms with van der Waals surface area (Å²) in [5, 5.41) is 2.19. The van der Waals surface area contributed by atoms with E-state index in [1.807, 2.05) is 5.41 Å². The summed E-state index contributed by atoms with van der Waals surface area (Å²) < 4.78 is 20.2. The quantitative estimate of drug-likeness (QED) is 0.557. The summed E-state index contributed by atoms with van der Waals surface area (Å²) in [6, 6.07) is 5.19. The van der Waals surface area contributed by atoms with E-state index in [-0.39, 0.29) is 16.7 Å². The van der Waals surface area contributed by atoms with Gasteiger partial charge in [-0.2, -0.15) is 0 Å². The minimum atomic E-state index is -0.538. The molecule has 1 fully saturated rings. The zero-order valence-electron chi connectivity index (χ0n) is 18.1. The molecule has 2 unspecified atom stereocenters. The van der Waals surface area contributed by atoms with Gasteiger partial charge in [0.15, 0.2) is 0 Å². The summed E-state index contributed by atoms with van der Waals surface area (Å²) in [6.45, 7) is 5.75. The maximum Gasteiger partial charge on any atom is 0.256 e. The van der Waals surface area contributed by atoms with Gasteiger partial charge in [-0.05, 0) is 63.2 Å². The van der Waals surface area contributed by atoms with Crippen LogP contribution in [0.2, 0.25) is 0 Å². The maximum atomic E-state index is 14.5. The Morgan fingerprint density at radius 2 is 2.20 bits per heavy atom. The molecule has 3 rings (SSSR count). The highest BCUT2D eigenvalue weighted by atomic mass is 32.2. The van der Waals surface area contributed by atoms with E-state index in [1.54, 1.807) is 29.8 Å². The highest BCUT2D eigenvalue weighted by molar-refractivity contribution is 8.03. The van der Waals surface area contributed by atoms with Gasteiger partial charge in [0.05, 0.1) is 5.56 Å². The van der Waals surface area contributed by atoms with Crippen LogP contribution in [0.4, 0.5) is 4.39 Å². The van der Waals surface area contributed by atoms with Crippen LogP contribution in [0.1, 0.15) is 55.8 Å². The largest absolute Gasteiger partial charge is 0.492 e. The number of nitrogens with two attached hydrogens (primary N) is 1. The molecule has 2 N–H and O–H groups in total. The Kier molecular flexibility index (Phi) is 8.45. The van der Waals surface area contributed by atoms with E-state index in [4.69, 9.17) is 10.5 Å². The van der Waals surface area contributed by atoms with Gasteiger partial charge in [-0.15, -0.1) is 11.8 Å². The fraction of sp³-hybridized carbons (Fsp3) is 0.609. The van der Waals surface area contributed by atoms with Crippen LogP contribution in [0.5, 0.6) is 5.75 Å². The summed E-state index contributed by atoms with van der Waals surface area (Å²) >= 11 is 1.63. The molecule has 2 aliphatic heterocycles. The van der Waals surface area contributed by atoms with Crippen LogP contribution in [-0.2, 0) is 0 Å². The predicted molar refractivity (Wildman–Crippen MR) is 121 cm³/mol. The molecule has 166 valence electrons. The van der Waals surface area contributed by atoms with Crippen LogP contribution >= 0.6 is 11.8 Å². The first-order valence-corrected chi connectivity index (χ1v) is 11.9. The van der Waals surface area contributed by atoms with Gasteiger partial charge in [-0.25, -0.2) is 4.39 Å². The summed E-state index contributed by atoms with van der Waals surface area (Å²) in [4.78, 5) is 16.8.